The Labute approximate surface area is 315 Å². The molecular formula is C32H22N4O16S4. The van der Waals surface area contributed by atoms with Crippen LogP contribution in [-0.4, -0.2) is 85.1 Å². The van der Waals surface area contributed by atoms with Crippen molar-refractivity contribution in [3.63, 3.8) is 0 Å². The summed E-state index contributed by atoms with van der Waals surface area (Å²) in [5, 5.41) is 29.1. The van der Waals surface area contributed by atoms with E-state index in [4.69, 9.17) is 0 Å². The van der Waals surface area contributed by atoms with E-state index in [0.717, 1.165) is 42.5 Å². The standard InChI is InChI=1S/C32H22N4O16S4/c37-25-11-15(1-7-23(25)33-35-29-21-5-3-19(53(41,42)43)9-17(21)14-28(32(29)40)56(50,51)52)16-2-8-24(26(38)12-16)34-36-30-27(55(47,48)49)13-18-10-20(54(44,45)46)4-6-22(18)31(30)39/h1-14,33-34,37-38H,(H,41,42,43)(H,44,45,46)(H,47,48,49)(H,50,51,52). The number of nitrogens with one attached hydrogen (secondary N) is 2. The van der Waals surface area contributed by atoms with Gasteiger partial charge in [-0.25, -0.2) is 0 Å². The van der Waals surface area contributed by atoms with E-state index in [9.17, 15) is 71.7 Å². The average Bonchev–Trinajstić information content (AvgIpc) is 3.09. The molecule has 0 radical (unpaired) electrons. The van der Waals surface area contributed by atoms with Crippen LogP contribution in [0.5, 0.6) is 11.5 Å². The minimum absolute atomic E-state index is 0.0927. The number of allylic oxidation sites excluding steroid dienone is 2. The van der Waals surface area contributed by atoms with Crippen molar-refractivity contribution in [1.29, 1.82) is 0 Å². The van der Waals surface area contributed by atoms with Gasteiger partial charge in [0.15, 0.2) is 5.71 Å². The van der Waals surface area contributed by atoms with Crippen LogP contribution in [0.15, 0.2) is 103 Å². The average molecular weight is 847 g/mol. The number of rotatable bonds is 9. The van der Waals surface area contributed by atoms with E-state index in [-0.39, 0.29) is 44.8 Å². The summed E-state index contributed by atoms with van der Waals surface area (Å²) in [6.07, 6.45) is 1.47. The zero-order valence-corrected chi connectivity index (χ0v) is 30.6. The molecule has 56 heavy (non-hydrogen) atoms. The van der Waals surface area contributed by atoms with Crippen LogP contribution in [0.3, 0.4) is 0 Å². The fourth-order valence-corrected chi connectivity index (χ4v) is 7.70. The number of ketones is 2. The first-order chi connectivity index (χ1) is 25.9. The second-order valence-electron chi connectivity index (χ2n) is 11.7. The van der Waals surface area contributed by atoms with Gasteiger partial charge in [0.25, 0.3) is 40.5 Å². The fourth-order valence-electron chi connectivity index (χ4n) is 5.41. The van der Waals surface area contributed by atoms with E-state index < -0.39 is 94.6 Å². The smallest absolute Gasteiger partial charge is 0.298 e. The Balaban J connectivity index is 1.26. The quantitative estimate of drug-likeness (QED) is 0.0682. The third kappa shape index (κ3) is 7.84. The number of benzene rings is 4. The van der Waals surface area contributed by atoms with Crippen LogP contribution >= 0.6 is 0 Å². The molecule has 0 spiro atoms. The number of hydrogen-bond donors (Lipinski definition) is 8. The molecule has 0 bridgehead atoms. The number of hydrazone groups is 2. The Hall–Kier alpha value is -6.12. The molecule has 0 atom stereocenters. The third-order valence-corrected chi connectivity index (χ3v) is 11.5. The van der Waals surface area contributed by atoms with Gasteiger partial charge in [-0.3, -0.25) is 38.7 Å². The Morgan fingerprint density at radius 1 is 0.464 bits per heavy atom. The predicted molar refractivity (Wildman–Crippen MR) is 197 cm³/mol. The molecule has 0 saturated carbocycles. The normalized spacial score (nSPS) is 16.2. The highest BCUT2D eigenvalue weighted by Crippen LogP contribution is 2.35. The number of Topliss-reactive ketones (excluding diaryl/α,β-unsaturated/α-hetero) is 2. The fraction of sp³-hybridized carbons (Fsp3) is 0. The monoisotopic (exact) mass is 846 g/mol. The number of carbonyl (C=O) groups excluding carboxylic acids is 2. The maximum Gasteiger partial charge on any atom is 0.298 e. The number of anilines is 2. The van der Waals surface area contributed by atoms with Gasteiger partial charge in [-0.15, -0.1) is 0 Å². The molecule has 4 aromatic rings. The van der Waals surface area contributed by atoms with E-state index in [0.29, 0.717) is 6.08 Å². The number of aromatic hydroxyl groups is 2. The first-order valence-electron chi connectivity index (χ1n) is 15.0. The van der Waals surface area contributed by atoms with E-state index in [1.165, 1.54) is 36.4 Å². The minimum atomic E-state index is -5.14. The lowest BCUT2D eigenvalue weighted by Gasteiger charge is -2.17. The Morgan fingerprint density at radius 2 is 0.893 bits per heavy atom. The summed E-state index contributed by atoms with van der Waals surface area (Å²) < 4.78 is 132. The lowest BCUT2D eigenvalue weighted by molar-refractivity contribution is -0.109. The largest absolute Gasteiger partial charge is 0.506 e. The molecular weight excluding hydrogens is 825 g/mol. The zero-order valence-electron chi connectivity index (χ0n) is 27.4. The molecule has 0 unspecified atom stereocenters. The predicted octanol–water partition coefficient (Wildman–Crippen LogP) is 2.78. The Bertz CT molecular complexity index is 3030. The highest BCUT2D eigenvalue weighted by Gasteiger charge is 2.35. The van der Waals surface area contributed by atoms with Gasteiger partial charge < -0.3 is 10.2 Å². The number of nitrogens with zero attached hydrogens (tertiary/aromatic N) is 2. The number of phenolic OH excluding ortho intramolecular Hbond substituents is 2. The van der Waals surface area contributed by atoms with Crippen LogP contribution in [0.2, 0.25) is 0 Å². The maximum absolute atomic E-state index is 13.2. The van der Waals surface area contributed by atoms with Crippen molar-refractivity contribution in [2.45, 2.75) is 9.79 Å². The summed E-state index contributed by atoms with van der Waals surface area (Å²) in [6, 6.07) is 13.3. The Kier molecular flexibility index (Phi) is 9.80. The molecule has 0 heterocycles. The third-order valence-electron chi connectivity index (χ3n) is 8.06. The molecule has 0 amide bonds. The molecule has 20 nitrogen and oxygen atoms in total. The second-order valence-corrected chi connectivity index (χ2v) is 17.3. The van der Waals surface area contributed by atoms with Gasteiger partial charge in [0.1, 0.15) is 27.0 Å². The van der Waals surface area contributed by atoms with Crippen molar-refractivity contribution in [2.75, 3.05) is 10.9 Å². The van der Waals surface area contributed by atoms with E-state index in [1.807, 2.05) is 0 Å². The van der Waals surface area contributed by atoms with Gasteiger partial charge in [0, 0.05) is 11.1 Å². The zero-order chi connectivity index (χ0) is 41.1. The van der Waals surface area contributed by atoms with E-state index >= 15 is 0 Å². The highest BCUT2D eigenvalue weighted by molar-refractivity contribution is 7.91. The molecule has 0 fully saturated rings. The van der Waals surface area contributed by atoms with Gasteiger partial charge in [-0.2, -0.15) is 43.9 Å². The molecule has 290 valence electrons. The van der Waals surface area contributed by atoms with Gasteiger partial charge in [-0.1, -0.05) is 18.2 Å². The molecule has 0 saturated heterocycles. The van der Waals surface area contributed by atoms with Crippen molar-refractivity contribution in [3.05, 3.63) is 105 Å². The van der Waals surface area contributed by atoms with Gasteiger partial charge in [0.2, 0.25) is 11.6 Å². The van der Waals surface area contributed by atoms with E-state index in [2.05, 4.69) is 21.1 Å². The SMILES string of the molecule is O=C1C(S(=O)(=O)O)=Cc2cc(S(=O)(=O)O)ccc2C1=NNc1ccc(-c2ccc(NN=C3C(=O)c4ccc(S(=O)(=O)O)cc4C=C3S(=O)(=O)O)c(O)c2)cc1O. The molecule has 24 heteroatoms. The minimum Gasteiger partial charge on any atom is -0.506 e. The number of carbonyl (C=O) groups is 2. The van der Waals surface area contributed by atoms with Crippen molar-refractivity contribution >= 4 is 87.0 Å². The van der Waals surface area contributed by atoms with Gasteiger partial charge >= 0.3 is 0 Å². The lowest BCUT2D eigenvalue weighted by atomic mass is 9.94. The van der Waals surface area contributed by atoms with Gasteiger partial charge in [0.05, 0.1) is 21.2 Å². The summed E-state index contributed by atoms with van der Waals surface area (Å²) in [7, 11) is -19.7. The number of fused-ring (bicyclic) bond motifs is 2. The summed E-state index contributed by atoms with van der Waals surface area (Å²) in [4.78, 5) is 22.7. The van der Waals surface area contributed by atoms with Crippen molar-refractivity contribution in [3.8, 4) is 22.6 Å². The summed E-state index contributed by atoms with van der Waals surface area (Å²) in [6.45, 7) is 0. The first kappa shape index (κ1) is 39.6. The summed E-state index contributed by atoms with van der Waals surface area (Å²) >= 11 is 0. The molecule has 4 aromatic carbocycles. The van der Waals surface area contributed by atoms with Gasteiger partial charge in [-0.05, 0) is 89.0 Å². The summed E-state index contributed by atoms with van der Waals surface area (Å²) in [5.41, 5.74) is 2.75. The molecule has 2 aliphatic carbocycles. The maximum atomic E-state index is 13.2. The highest BCUT2D eigenvalue weighted by atomic mass is 32.2. The summed E-state index contributed by atoms with van der Waals surface area (Å²) in [5.74, 6) is -3.34. The molecule has 6 rings (SSSR count). The second kappa shape index (κ2) is 13.9. The van der Waals surface area contributed by atoms with Crippen LogP contribution in [0.4, 0.5) is 11.4 Å². The molecule has 8 N–H and O–H groups in total. The van der Waals surface area contributed by atoms with Crippen LogP contribution in [-0.2, 0) is 45.3 Å². The van der Waals surface area contributed by atoms with Crippen LogP contribution < -0.4 is 10.9 Å². The first-order valence-corrected chi connectivity index (χ1v) is 20.7. The number of hydrogen-bond acceptors (Lipinski definition) is 16. The lowest BCUT2D eigenvalue weighted by Crippen LogP contribution is -2.27. The van der Waals surface area contributed by atoms with Crippen LogP contribution in [0, 0.1) is 0 Å². The Morgan fingerprint density at radius 3 is 1.34 bits per heavy atom. The van der Waals surface area contributed by atoms with Crippen molar-refractivity contribution < 1.29 is 71.7 Å². The van der Waals surface area contributed by atoms with Crippen molar-refractivity contribution in [1.82, 2.24) is 0 Å². The topological polar surface area (TPSA) is 341 Å². The van der Waals surface area contributed by atoms with Crippen LogP contribution in [0.25, 0.3) is 23.3 Å². The van der Waals surface area contributed by atoms with E-state index in [1.54, 1.807) is 0 Å². The number of phenols is 2. The van der Waals surface area contributed by atoms with Crippen LogP contribution in [0.1, 0.15) is 27.0 Å². The molecule has 2 aliphatic rings. The molecule has 0 aliphatic heterocycles. The van der Waals surface area contributed by atoms with Crippen molar-refractivity contribution in [2.24, 2.45) is 10.2 Å². The molecule has 0 aromatic heterocycles.